The molecule has 0 spiro atoms. The Morgan fingerprint density at radius 1 is 0.759 bits per heavy atom. The van der Waals surface area contributed by atoms with Crippen LogP contribution < -0.4 is 4.74 Å². The summed E-state index contributed by atoms with van der Waals surface area (Å²) in [6, 6.07) is 13.0. The van der Waals surface area contributed by atoms with Crippen molar-refractivity contribution < 1.29 is 4.74 Å². The van der Waals surface area contributed by atoms with E-state index in [4.69, 9.17) is 9.72 Å². The predicted octanol–water partition coefficient (Wildman–Crippen LogP) is 8.10. The summed E-state index contributed by atoms with van der Waals surface area (Å²) in [4.78, 5) is 4.72. The normalized spacial score (nSPS) is 12.1. The molecule has 0 fully saturated rings. The minimum Gasteiger partial charge on any atom is -0.494 e. The molecular weight excluding hydrogens is 354 g/mol. The summed E-state index contributed by atoms with van der Waals surface area (Å²) in [5, 5.41) is 0. The molecule has 2 rings (SSSR count). The van der Waals surface area contributed by atoms with Crippen LogP contribution in [0.2, 0.25) is 0 Å². The van der Waals surface area contributed by atoms with Crippen LogP contribution >= 0.6 is 0 Å². The second-order valence-electron chi connectivity index (χ2n) is 8.31. The van der Waals surface area contributed by atoms with E-state index in [0.29, 0.717) is 5.92 Å². The molecule has 0 radical (unpaired) electrons. The molecule has 2 heteroatoms. The quantitative estimate of drug-likeness (QED) is 0.284. The average Bonchev–Trinajstić information content (AvgIpc) is 2.76. The summed E-state index contributed by atoms with van der Waals surface area (Å²) in [5.41, 5.74) is 3.78. The predicted molar refractivity (Wildman–Crippen MR) is 125 cm³/mol. The molecule has 2 nitrogen and oxygen atoms in total. The maximum absolute atomic E-state index is 5.92. The number of pyridine rings is 1. The van der Waals surface area contributed by atoms with Crippen LogP contribution in [0.15, 0.2) is 42.6 Å². The van der Waals surface area contributed by atoms with Crippen molar-refractivity contribution in [1.82, 2.24) is 4.98 Å². The van der Waals surface area contributed by atoms with Gasteiger partial charge in [-0.1, -0.05) is 90.3 Å². The Labute approximate surface area is 179 Å². The van der Waals surface area contributed by atoms with Gasteiger partial charge in [0.2, 0.25) is 0 Å². The molecule has 2 aromatic rings. The van der Waals surface area contributed by atoms with E-state index in [1.807, 2.05) is 0 Å². The van der Waals surface area contributed by atoms with Crippen LogP contribution in [0.25, 0.3) is 0 Å². The number of benzene rings is 1. The Morgan fingerprint density at radius 2 is 1.41 bits per heavy atom. The van der Waals surface area contributed by atoms with Gasteiger partial charge in [0, 0.05) is 17.8 Å². The van der Waals surface area contributed by atoms with Gasteiger partial charge in [0.05, 0.1) is 6.61 Å². The molecule has 1 unspecified atom stereocenters. The largest absolute Gasteiger partial charge is 0.494 e. The number of hydrogen-bond donors (Lipinski definition) is 0. The molecule has 0 amide bonds. The molecule has 0 bridgehead atoms. The molecule has 160 valence electrons. The van der Waals surface area contributed by atoms with E-state index in [9.17, 15) is 0 Å². The first kappa shape index (κ1) is 23.4. The van der Waals surface area contributed by atoms with E-state index < -0.39 is 0 Å². The van der Waals surface area contributed by atoms with Crippen molar-refractivity contribution in [1.29, 1.82) is 0 Å². The van der Waals surface area contributed by atoms with Gasteiger partial charge in [-0.3, -0.25) is 4.98 Å². The van der Waals surface area contributed by atoms with Gasteiger partial charge in [-0.15, -0.1) is 0 Å². The van der Waals surface area contributed by atoms with Gasteiger partial charge in [-0.05, 0) is 48.6 Å². The molecule has 0 saturated heterocycles. The summed E-state index contributed by atoms with van der Waals surface area (Å²) in [6.45, 7) is 7.56. The fourth-order valence-electron chi connectivity index (χ4n) is 3.69. The first-order valence-electron chi connectivity index (χ1n) is 11.9. The van der Waals surface area contributed by atoms with E-state index in [0.717, 1.165) is 30.9 Å². The maximum atomic E-state index is 5.92. The van der Waals surface area contributed by atoms with Gasteiger partial charge >= 0.3 is 0 Å². The van der Waals surface area contributed by atoms with Crippen LogP contribution in [-0.4, -0.2) is 11.6 Å². The van der Waals surface area contributed by atoms with Gasteiger partial charge in [0.15, 0.2) is 0 Å². The van der Waals surface area contributed by atoms with Crippen molar-refractivity contribution in [3.05, 3.63) is 59.4 Å². The minimum atomic E-state index is 0.303. The lowest BCUT2D eigenvalue weighted by Gasteiger charge is -2.13. The number of rotatable bonds is 15. The third-order valence-corrected chi connectivity index (χ3v) is 5.76. The highest BCUT2D eigenvalue weighted by Crippen LogP contribution is 2.25. The van der Waals surface area contributed by atoms with Crippen molar-refractivity contribution in [2.24, 2.45) is 0 Å². The Balaban J connectivity index is 1.73. The summed E-state index contributed by atoms with van der Waals surface area (Å²) in [5.74, 6) is 1.28. The summed E-state index contributed by atoms with van der Waals surface area (Å²) >= 11 is 0. The Bertz CT molecular complexity index is 647. The van der Waals surface area contributed by atoms with Crippen LogP contribution in [0.3, 0.4) is 0 Å². The van der Waals surface area contributed by atoms with Gasteiger partial charge in [0.25, 0.3) is 0 Å². The number of ether oxygens (including phenoxy) is 1. The lowest BCUT2D eigenvalue weighted by molar-refractivity contribution is 0.304. The molecule has 0 aliphatic rings. The van der Waals surface area contributed by atoms with Crippen LogP contribution in [0.4, 0.5) is 0 Å². The van der Waals surface area contributed by atoms with Crippen LogP contribution in [-0.2, 0) is 6.42 Å². The van der Waals surface area contributed by atoms with E-state index in [1.165, 1.54) is 68.9 Å². The van der Waals surface area contributed by atoms with E-state index >= 15 is 0 Å². The molecule has 1 heterocycles. The van der Waals surface area contributed by atoms with Crippen molar-refractivity contribution >= 4 is 0 Å². The standard InChI is InChI=1S/C27H41NO/c1-4-6-8-9-10-11-13-21-29-26-18-16-25(17-19-26)23(3)27-20-15-24(22-28-27)14-12-7-5-2/h15-20,22-23H,4-14,21H2,1-3H3. The summed E-state index contributed by atoms with van der Waals surface area (Å²) in [7, 11) is 0. The molecule has 1 aromatic carbocycles. The Hall–Kier alpha value is -1.83. The van der Waals surface area contributed by atoms with Crippen LogP contribution in [0.5, 0.6) is 5.75 Å². The van der Waals surface area contributed by atoms with Gasteiger partial charge in [0.1, 0.15) is 5.75 Å². The smallest absolute Gasteiger partial charge is 0.119 e. The zero-order chi connectivity index (χ0) is 20.7. The lowest BCUT2D eigenvalue weighted by Crippen LogP contribution is -2.01. The SMILES string of the molecule is CCCCCCCCCOc1ccc(C(C)c2ccc(CCCCC)cn2)cc1. The number of nitrogens with zero attached hydrogens (tertiary/aromatic N) is 1. The molecule has 0 saturated carbocycles. The van der Waals surface area contributed by atoms with Crippen molar-refractivity contribution in [2.75, 3.05) is 6.61 Å². The lowest BCUT2D eigenvalue weighted by atomic mass is 9.96. The summed E-state index contributed by atoms with van der Waals surface area (Å²) in [6.07, 6.45) is 16.2. The molecular formula is C27H41NO. The highest BCUT2D eigenvalue weighted by molar-refractivity contribution is 5.33. The minimum absolute atomic E-state index is 0.303. The van der Waals surface area contributed by atoms with E-state index in [-0.39, 0.29) is 0 Å². The number of unbranched alkanes of at least 4 members (excludes halogenated alkanes) is 8. The number of aromatic nitrogens is 1. The summed E-state index contributed by atoms with van der Waals surface area (Å²) < 4.78 is 5.92. The second-order valence-corrected chi connectivity index (χ2v) is 8.31. The zero-order valence-electron chi connectivity index (χ0n) is 19.0. The van der Waals surface area contributed by atoms with Crippen molar-refractivity contribution in [3.8, 4) is 5.75 Å². The first-order chi connectivity index (χ1) is 14.2. The maximum Gasteiger partial charge on any atom is 0.119 e. The van der Waals surface area contributed by atoms with Gasteiger partial charge < -0.3 is 4.74 Å². The second kappa shape index (κ2) is 14.2. The third kappa shape index (κ3) is 9.02. The molecule has 29 heavy (non-hydrogen) atoms. The molecule has 0 aliphatic heterocycles. The zero-order valence-corrected chi connectivity index (χ0v) is 19.0. The van der Waals surface area contributed by atoms with Crippen LogP contribution in [0.1, 0.15) is 108 Å². The number of aryl methyl sites for hydroxylation is 1. The molecule has 0 aliphatic carbocycles. The first-order valence-corrected chi connectivity index (χ1v) is 11.9. The third-order valence-electron chi connectivity index (χ3n) is 5.76. The highest BCUT2D eigenvalue weighted by atomic mass is 16.5. The Kier molecular flexibility index (Phi) is 11.5. The van der Waals surface area contributed by atoms with Gasteiger partial charge in [-0.25, -0.2) is 0 Å². The fraction of sp³-hybridized carbons (Fsp3) is 0.593. The molecule has 0 N–H and O–H groups in total. The number of hydrogen-bond acceptors (Lipinski definition) is 2. The monoisotopic (exact) mass is 395 g/mol. The van der Waals surface area contributed by atoms with Gasteiger partial charge in [-0.2, -0.15) is 0 Å². The van der Waals surface area contributed by atoms with E-state index in [2.05, 4.69) is 63.4 Å². The van der Waals surface area contributed by atoms with Crippen molar-refractivity contribution in [2.45, 2.75) is 97.3 Å². The Morgan fingerprint density at radius 3 is 2.07 bits per heavy atom. The highest BCUT2D eigenvalue weighted by Gasteiger charge is 2.10. The van der Waals surface area contributed by atoms with E-state index in [1.54, 1.807) is 0 Å². The van der Waals surface area contributed by atoms with Crippen LogP contribution in [0, 0.1) is 0 Å². The van der Waals surface area contributed by atoms with Crippen molar-refractivity contribution in [3.63, 3.8) is 0 Å². The fourth-order valence-corrected chi connectivity index (χ4v) is 3.69. The average molecular weight is 396 g/mol. The molecule has 1 aromatic heterocycles. The molecule has 1 atom stereocenters. The topological polar surface area (TPSA) is 22.1 Å².